The standard InChI is InChI=1S/C20H21N3O2S/c21-14-17-13-19(26(24,25)18-9-5-2-6-10-18)20-22(11-12-23(17)20)15-16-7-3-1-4-8-16/h1-10,17,19-20H,11-13,15H2/t17-,19-,20-/m0/s1. The molecule has 2 fully saturated rings. The molecule has 3 atom stereocenters. The Morgan fingerprint density at radius 1 is 1.00 bits per heavy atom. The maximum Gasteiger partial charge on any atom is 0.184 e. The Morgan fingerprint density at radius 3 is 2.31 bits per heavy atom. The largest absolute Gasteiger partial charge is 0.281 e. The predicted molar refractivity (Wildman–Crippen MR) is 98.8 cm³/mol. The summed E-state index contributed by atoms with van der Waals surface area (Å²) >= 11 is 0. The number of hydrogen-bond donors (Lipinski definition) is 0. The molecule has 2 aromatic carbocycles. The summed E-state index contributed by atoms with van der Waals surface area (Å²) in [5.41, 5.74) is 1.16. The molecule has 0 radical (unpaired) electrons. The molecule has 0 amide bonds. The summed E-state index contributed by atoms with van der Waals surface area (Å²) in [7, 11) is -3.50. The van der Waals surface area contributed by atoms with Gasteiger partial charge in [-0.15, -0.1) is 0 Å². The van der Waals surface area contributed by atoms with Gasteiger partial charge in [0.2, 0.25) is 0 Å². The molecule has 2 heterocycles. The molecule has 2 aliphatic rings. The monoisotopic (exact) mass is 367 g/mol. The van der Waals surface area contributed by atoms with Crippen molar-refractivity contribution in [3.05, 3.63) is 66.2 Å². The van der Waals surface area contributed by atoms with Crippen LogP contribution in [-0.4, -0.2) is 48.8 Å². The molecule has 0 aromatic heterocycles. The van der Waals surface area contributed by atoms with Crippen LogP contribution in [0.15, 0.2) is 65.6 Å². The molecule has 26 heavy (non-hydrogen) atoms. The number of rotatable bonds is 4. The first-order valence-corrected chi connectivity index (χ1v) is 10.4. The second-order valence-electron chi connectivity index (χ2n) is 6.88. The fourth-order valence-electron chi connectivity index (χ4n) is 4.17. The summed E-state index contributed by atoms with van der Waals surface area (Å²) in [4.78, 5) is 4.61. The van der Waals surface area contributed by atoms with E-state index >= 15 is 0 Å². The minimum Gasteiger partial charge on any atom is -0.281 e. The van der Waals surface area contributed by atoms with E-state index in [0.29, 0.717) is 17.9 Å². The van der Waals surface area contributed by atoms with Gasteiger partial charge in [0.15, 0.2) is 9.84 Å². The van der Waals surface area contributed by atoms with Gasteiger partial charge >= 0.3 is 0 Å². The first kappa shape index (κ1) is 17.2. The zero-order valence-electron chi connectivity index (χ0n) is 14.4. The van der Waals surface area contributed by atoms with Crippen molar-refractivity contribution in [2.75, 3.05) is 13.1 Å². The first-order chi connectivity index (χ1) is 12.6. The molecular formula is C20H21N3O2S. The maximum atomic E-state index is 13.3. The second kappa shape index (κ2) is 6.84. The average molecular weight is 367 g/mol. The Hall–Kier alpha value is -2.20. The molecule has 6 heteroatoms. The highest BCUT2D eigenvalue weighted by atomic mass is 32.2. The third kappa shape index (κ3) is 2.92. The highest BCUT2D eigenvalue weighted by Gasteiger charge is 2.53. The van der Waals surface area contributed by atoms with Crippen molar-refractivity contribution in [2.24, 2.45) is 0 Å². The first-order valence-electron chi connectivity index (χ1n) is 8.83. The van der Waals surface area contributed by atoms with E-state index in [2.05, 4.69) is 28.0 Å². The van der Waals surface area contributed by atoms with Gasteiger partial charge in [0.1, 0.15) is 6.04 Å². The maximum absolute atomic E-state index is 13.3. The van der Waals surface area contributed by atoms with Crippen molar-refractivity contribution < 1.29 is 8.42 Å². The van der Waals surface area contributed by atoms with E-state index in [1.54, 1.807) is 24.3 Å². The summed E-state index contributed by atoms with van der Waals surface area (Å²) in [6, 6.07) is 20.6. The van der Waals surface area contributed by atoms with Gasteiger partial charge in [-0.3, -0.25) is 9.80 Å². The number of nitrogens with zero attached hydrogens (tertiary/aromatic N) is 3. The Kier molecular flexibility index (Phi) is 4.53. The van der Waals surface area contributed by atoms with E-state index in [4.69, 9.17) is 0 Å². The van der Waals surface area contributed by atoms with Crippen LogP contribution in [-0.2, 0) is 16.4 Å². The molecule has 4 rings (SSSR count). The van der Waals surface area contributed by atoms with Crippen LogP contribution in [0.1, 0.15) is 12.0 Å². The van der Waals surface area contributed by atoms with Crippen LogP contribution in [0.25, 0.3) is 0 Å². The molecule has 0 bridgehead atoms. The Balaban J connectivity index is 1.67. The number of benzene rings is 2. The van der Waals surface area contributed by atoms with Crippen LogP contribution in [0.5, 0.6) is 0 Å². The van der Waals surface area contributed by atoms with Crippen molar-refractivity contribution in [1.29, 1.82) is 5.26 Å². The summed E-state index contributed by atoms with van der Waals surface area (Å²) < 4.78 is 26.5. The van der Waals surface area contributed by atoms with Crippen LogP contribution in [0.4, 0.5) is 0 Å². The zero-order valence-corrected chi connectivity index (χ0v) is 15.2. The van der Waals surface area contributed by atoms with E-state index in [1.165, 1.54) is 0 Å². The van der Waals surface area contributed by atoms with Gasteiger partial charge in [-0.1, -0.05) is 48.5 Å². The molecule has 2 saturated heterocycles. The highest BCUT2D eigenvalue weighted by molar-refractivity contribution is 7.92. The van der Waals surface area contributed by atoms with Crippen LogP contribution in [0.2, 0.25) is 0 Å². The van der Waals surface area contributed by atoms with Gasteiger partial charge in [-0.05, 0) is 24.1 Å². The summed E-state index contributed by atoms with van der Waals surface area (Å²) in [5.74, 6) is 0. The molecule has 2 aromatic rings. The lowest BCUT2D eigenvalue weighted by Crippen LogP contribution is -2.44. The van der Waals surface area contributed by atoms with E-state index in [1.807, 2.05) is 24.3 Å². The van der Waals surface area contributed by atoms with Gasteiger partial charge in [0.05, 0.1) is 22.4 Å². The molecule has 0 saturated carbocycles. The quantitative estimate of drug-likeness (QED) is 0.829. The topological polar surface area (TPSA) is 64.4 Å². The van der Waals surface area contributed by atoms with E-state index < -0.39 is 15.1 Å². The van der Waals surface area contributed by atoms with E-state index in [-0.39, 0.29) is 12.2 Å². The lowest BCUT2D eigenvalue weighted by molar-refractivity contribution is 0.160. The van der Waals surface area contributed by atoms with Gasteiger partial charge in [0, 0.05) is 19.6 Å². The van der Waals surface area contributed by atoms with E-state index in [9.17, 15) is 13.7 Å². The van der Waals surface area contributed by atoms with Crippen LogP contribution in [0.3, 0.4) is 0 Å². The Bertz CT molecular complexity index is 909. The van der Waals surface area contributed by atoms with Gasteiger partial charge in [-0.25, -0.2) is 8.42 Å². The number of fused-ring (bicyclic) bond motifs is 1. The van der Waals surface area contributed by atoms with Crippen molar-refractivity contribution in [2.45, 2.75) is 35.3 Å². The number of sulfone groups is 1. The van der Waals surface area contributed by atoms with Gasteiger partial charge in [-0.2, -0.15) is 5.26 Å². The molecule has 0 spiro atoms. The smallest absolute Gasteiger partial charge is 0.184 e. The van der Waals surface area contributed by atoms with E-state index in [0.717, 1.165) is 18.7 Å². The summed E-state index contributed by atoms with van der Waals surface area (Å²) in [5, 5.41) is 8.96. The molecule has 0 aliphatic carbocycles. The van der Waals surface area contributed by atoms with Gasteiger partial charge < -0.3 is 0 Å². The molecule has 0 unspecified atom stereocenters. The predicted octanol–water partition coefficient (Wildman–Crippen LogP) is 2.27. The van der Waals surface area contributed by atoms with Crippen molar-refractivity contribution in [3.63, 3.8) is 0 Å². The highest BCUT2D eigenvalue weighted by Crippen LogP contribution is 2.38. The molecule has 0 N–H and O–H groups in total. The normalized spacial score (nSPS) is 26.5. The Labute approximate surface area is 154 Å². The van der Waals surface area contributed by atoms with Crippen LogP contribution >= 0.6 is 0 Å². The molecule has 5 nitrogen and oxygen atoms in total. The second-order valence-corrected chi connectivity index (χ2v) is 9.05. The lowest BCUT2D eigenvalue weighted by atomic mass is 10.2. The molecular weight excluding hydrogens is 346 g/mol. The van der Waals surface area contributed by atoms with Gasteiger partial charge in [0.25, 0.3) is 0 Å². The molecule has 134 valence electrons. The fraction of sp³-hybridized carbons (Fsp3) is 0.350. The third-order valence-electron chi connectivity index (χ3n) is 5.40. The average Bonchev–Trinajstić information content (AvgIpc) is 3.24. The van der Waals surface area contributed by atoms with Crippen molar-refractivity contribution in [1.82, 2.24) is 9.80 Å². The fourth-order valence-corrected chi connectivity index (χ4v) is 6.14. The number of nitriles is 1. The van der Waals surface area contributed by atoms with Crippen molar-refractivity contribution in [3.8, 4) is 6.07 Å². The number of hydrogen-bond acceptors (Lipinski definition) is 5. The minimum absolute atomic E-state index is 0.245. The third-order valence-corrected chi connectivity index (χ3v) is 7.56. The van der Waals surface area contributed by atoms with Crippen LogP contribution < -0.4 is 0 Å². The van der Waals surface area contributed by atoms with Crippen molar-refractivity contribution >= 4 is 9.84 Å². The minimum atomic E-state index is -3.50. The zero-order chi connectivity index (χ0) is 18.1. The molecule has 2 aliphatic heterocycles. The summed E-state index contributed by atoms with van der Waals surface area (Å²) in [6.45, 7) is 2.20. The van der Waals surface area contributed by atoms with Crippen LogP contribution in [0, 0.1) is 11.3 Å². The lowest BCUT2D eigenvalue weighted by Gasteiger charge is -2.29. The SMILES string of the molecule is N#C[C@@H]1C[C@H](S(=O)(=O)c2ccccc2)[C@H]2N(Cc3ccccc3)CCN12. The summed E-state index contributed by atoms with van der Waals surface area (Å²) in [6.07, 6.45) is 0.119. The Morgan fingerprint density at radius 2 is 1.65 bits per heavy atom.